The van der Waals surface area contributed by atoms with Crippen molar-refractivity contribution in [3.8, 4) is 0 Å². The Kier molecular flexibility index (Phi) is 4.63. The number of hydrogen-bond donors (Lipinski definition) is 1. The Labute approximate surface area is 153 Å². The summed E-state index contributed by atoms with van der Waals surface area (Å²) in [4.78, 5) is 14.8. The number of nitrogens with one attached hydrogen (secondary N) is 1. The maximum Gasteiger partial charge on any atom is 0.326 e. The molecule has 2 heterocycles. The van der Waals surface area contributed by atoms with Crippen LogP contribution in [0.2, 0.25) is 0 Å². The predicted octanol–water partition coefficient (Wildman–Crippen LogP) is 4.27. The zero-order chi connectivity index (χ0) is 17.9. The molecule has 1 N–H and O–H groups in total. The summed E-state index contributed by atoms with van der Waals surface area (Å²) in [6, 6.07) is 16.2. The largest absolute Gasteiger partial charge is 0.383 e. The van der Waals surface area contributed by atoms with E-state index in [9.17, 15) is 4.79 Å². The first kappa shape index (κ1) is 16.7. The summed E-state index contributed by atoms with van der Waals surface area (Å²) in [6.07, 6.45) is 4.01. The molecule has 0 bridgehead atoms. The van der Waals surface area contributed by atoms with Crippen LogP contribution in [0.1, 0.15) is 12.0 Å². The summed E-state index contributed by atoms with van der Waals surface area (Å²) >= 11 is 0. The van der Waals surface area contributed by atoms with Crippen molar-refractivity contribution in [3.63, 3.8) is 0 Å². The lowest BCUT2D eigenvalue weighted by Gasteiger charge is -2.29. The molecule has 1 aliphatic rings. The second-order valence-corrected chi connectivity index (χ2v) is 6.56. The van der Waals surface area contributed by atoms with Crippen molar-refractivity contribution in [2.24, 2.45) is 0 Å². The number of carbonyl (C=O) groups is 1. The second-order valence-electron chi connectivity index (χ2n) is 6.56. The van der Waals surface area contributed by atoms with Crippen LogP contribution in [0.4, 0.5) is 16.2 Å². The first-order chi connectivity index (χ1) is 12.8. The molecule has 26 heavy (non-hydrogen) atoms. The molecule has 5 heteroatoms. The fourth-order valence-corrected chi connectivity index (χ4v) is 3.65. The maximum absolute atomic E-state index is 13.0. The number of fused-ring (bicyclic) bond motifs is 2. The van der Waals surface area contributed by atoms with Crippen molar-refractivity contribution in [3.05, 3.63) is 60.3 Å². The third kappa shape index (κ3) is 3.06. The van der Waals surface area contributed by atoms with Gasteiger partial charge >= 0.3 is 6.03 Å². The minimum absolute atomic E-state index is 0.0770. The summed E-state index contributed by atoms with van der Waals surface area (Å²) in [5, 5.41) is 4.16. The van der Waals surface area contributed by atoms with Gasteiger partial charge in [-0.15, -0.1) is 0 Å². The molecule has 0 radical (unpaired) electrons. The van der Waals surface area contributed by atoms with Crippen LogP contribution in [0.25, 0.3) is 10.9 Å². The van der Waals surface area contributed by atoms with Gasteiger partial charge in [-0.2, -0.15) is 0 Å². The number of carbonyl (C=O) groups excluding carboxylic acids is 1. The van der Waals surface area contributed by atoms with Crippen LogP contribution in [0.5, 0.6) is 0 Å². The average molecular weight is 349 g/mol. The highest BCUT2D eigenvalue weighted by atomic mass is 16.5. The molecule has 4 rings (SSSR count). The number of anilines is 2. The van der Waals surface area contributed by atoms with Gasteiger partial charge in [-0.05, 0) is 30.5 Å². The highest BCUT2D eigenvalue weighted by molar-refractivity contribution is 6.07. The van der Waals surface area contributed by atoms with Crippen molar-refractivity contribution in [2.75, 3.05) is 30.5 Å². The monoisotopic (exact) mass is 349 g/mol. The standard InChI is InChI=1S/C21H23N3O2/c1-26-14-13-23-15-18(17-9-3-5-11-20(17)23)22-21(25)24-12-6-8-16-7-2-4-10-19(16)24/h2-5,7,9-11,15H,6,8,12-14H2,1H3,(H,22,25). The molecule has 0 saturated carbocycles. The highest BCUT2D eigenvalue weighted by Gasteiger charge is 2.23. The Bertz CT molecular complexity index is 932. The van der Waals surface area contributed by atoms with E-state index in [1.54, 1.807) is 7.11 Å². The molecule has 1 aliphatic heterocycles. The lowest BCUT2D eigenvalue weighted by atomic mass is 10.0. The number of ether oxygens (including phenoxy) is 1. The normalized spacial score (nSPS) is 13.7. The number of urea groups is 1. The van der Waals surface area contributed by atoms with Crippen molar-refractivity contribution in [1.29, 1.82) is 0 Å². The molecule has 0 unspecified atom stereocenters. The zero-order valence-corrected chi connectivity index (χ0v) is 14.9. The van der Waals surface area contributed by atoms with Crippen LogP contribution >= 0.6 is 0 Å². The van der Waals surface area contributed by atoms with Gasteiger partial charge in [-0.1, -0.05) is 36.4 Å². The van der Waals surface area contributed by atoms with Crippen LogP contribution in [-0.2, 0) is 17.7 Å². The fourth-order valence-electron chi connectivity index (χ4n) is 3.65. The topological polar surface area (TPSA) is 46.5 Å². The van der Waals surface area contributed by atoms with Crippen LogP contribution in [-0.4, -0.2) is 30.9 Å². The van der Waals surface area contributed by atoms with Gasteiger partial charge in [-0.3, -0.25) is 4.90 Å². The molecule has 0 saturated heterocycles. The van der Waals surface area contributed by atoms with Crippen LogP contribution in [0.15, 0.2) is 54.7 Å². The maximum atomic E-state index is 13.0. The van der Waals surface area contributed by atoms with E-state index in [2.05, 4.69) is 22.0 Å². The minimum atomic E-state index is -0.0770. The Hall–Kier alpha value is -2.79. The molecule has 134 valence electrons. The number of hydrogen-bond acceptors (Lipinski definition) is 2. The number of aryl methyl sites for hydroxylation is 1. The smallest absolute Gasteiger partial charge is 0.326 e. The minimum Gasteiger partial charge on any atom is -0.383 e. The van der Waals surface area contributed by atoms with Crippen molar-refractivity contribution in [1.82, 2.24) is 4.57 Å². The first-order valence-electron chi connectivity index (χ1n) is 9.01. The van der Waals surface area contributed by atoms with Gasteiger partial charge in [-0.25, -0.2) is 4.79 Å². The first-order valence-corrected chi connectivity index (χ1v) is 9.01. The Balaban J connectivity index is 1.63. The van der Waals surface area contributed by atoms with Crippen molar-refractivity contribution < 1.29 is 9.53 Å². The zero-order valence-electron chi connectivity index (χ0n) is 14.9. The summed E-state index contributed by atoms with van der Waals surface area (Å²) < 4.78 is 7.33. The van der Waals surface area contributed by atoms with Gasteiger partial charge < -0.3 is 14.6 Å². The SMILES string of the molecule is COCCn1cc(NC(=O)N2CCCc3ccccc32)c2ccccc21. The number of benzene rings is 2. The van der Waals surface area contributed by atoms with Gasteiger partial charge in [0.15, 0.2) is 0 Å². The Morgan fingerprint density at radius 3 is 2.85 bits per heavy atom. The van der Waals surface area contributed by atoms with Gasteiger partial charge in [0.2, 0.25) is 0 Å². The molecule has 2 amide bonds. The number of nitrogens with zero attached hydrogens (tertiary/aromatic N) is 2. The predicted molar refractivity (Wildman–Crippen MR) is 105 cm³/mol. The third-order valence-electron chi connectivity index (χ3n) is 4.92. The summed E-state index contributed by atoms with van der Waals surface area (Å²) in [7, 11) is 1.70. The van der Waals surface area contributed by atoms with E-state index in [1.807, 2.05) is 47.5 Å². The number of para-hydroxylation sites is 2. The van der Waals surface area contributed by atoms with Crippen molar-refractivity contribution >= 4 is 28.3 Å². The second kappa shape index (κ2) is 7.22. The molecule has 0 fully saturated rings. The van der Waals surface area contributed by atoms with E-state index < -0.39 is 0 Å². The van der Waals surface area contributed by atoms with Crippen molar-refractivity contribution in [2.45, 2.75) is 19.4 Å². The van der Waals surface area contributed by atoms with E-state index in [1.165, 1.54) is 5.56 Å². The summed E-state index contributed by atoms with van der Waals surface area (Å²) in [6.45, 7) is 2.12. The number of methoxy groups -OCH3 is 1. The lowest BCUT2D eigenvalue weighted by molar-refractivity contribution is 0.188. The molecule has 2 aromatic carbocycles. The third-order valence-corrected chi connectivity index (χ3v) is 4.92. The summed E-state index contributed by atoms with van der Waals surface area (Å²) in [5.41, 5.74) is 4.18. The fraction of sp³-hybridized carbons (Fsp3) is 0.286. The number of aromatic nitrogens is 1. The van der Waals surface area contributed by atoms with E-state index in [0.29, 0.717) is 6.61 Å². The lowest BCUT2D eigenvalue weighted by Crippen LogP contribution is -2.38. The number of amides is 2. The van der Waals surface area contributed by atoms with E-state index in [4.69, 9.17) is 4.74 Å². The number of rotatable bonds is 4. The molecule has 0 atom stereocenters. The van der Waals surface area contributed by atoms with E-state index in [0.717, 1.165) is 48.2 Å². The molecule has 5 nitrogen and oxygen atoms in total. The van der Waals surface area contributed by atoms with Gasteiger partial charge in [0, 0.05) is 37.5 Å². The molecule has 0 aliphatic carbocycles. The van der Waals surface area contributed by atoms with Gasteiger partial charge in [0.1, 0.15) is 0 Å². The van der Waals surface area contributed by atoms with Gasteiger partial charge in [0.25, 0.3) is 0 Å². The van der Waals surface area contributed by atoms with E-state index >= 15 is 0 Å². The van der Waals surface area contributed by atoms with Crippen LogP contribution in [0, 0.1) is 0 Å². The van der Waals surface area contributed by atoms with Crippen LogP contribution in [0.3, 0.4) is 0 Å². The average Bonchev–Trinajstić information content (AvgIpc) is 3.03. The van der Waals surface area contributed by atoms with Gasteiger partial charge in [0.05, 0.1) is 17.8 Å². The highest BCUT2D eigenvalue weighted by Crippen LogP contribution is 2.29. The van der Waals surface area contributed by atoms with E-state index in [-0.39, 0.29) is 6.03 Å². The quantitative estimate of drug-likeness (QED) is 0.764. The Morgan fingerprint density at radius 1 is 1.15 bits per heavy atom. The molecule has 1 aromatic heterocycles. The molecular weight excluding hydrogens is 326 g/mol. The molecule has 3 aromatic rings. The Morgan fingerprint density at radius 2 is 1.96 bits per heavy atom. The molecule has 0 spiro atoms. The molecular formula is C21H23N3O2. The summed E-state index contributed by atoms with van der Waals surface area (Å²) in [5.74, 6) is 0. The van der Waals surface area contributed by atoms with Crippen LogP contribution < -0.4 is 10.2 Å².